The van der Waals surface area contributed by atoms with Crippen molar-refractivity contribution in [3.05, 3.63) is 59.7 Å². The summed E-state index contributed by atoms with van der Waals surface area (Å²) in [6.45, 7) is 2.87. The van der Waals surface area contributed by atoms with E-state index in [1.54, 1.807) is 38.4 Å². The van der Waals surface area contributed by atoms with Crippen molar-refractivity contribution in [3.8, 4) is 5.75 Å². The lowest BCUT2D eigenvalue weighted by Crippen LogP contribution is -2.41. The third-order valence-corrected chi connectivity index (χ3v) is 7.12. The van der Waals surface area contributed by atoms with Gasteiger partial charge in [0.25, 0.3) is 0 Å². The number of piperidine rings is 1. The van der Waals surface area contributed by atoms with Crippen LogP contribution in [0.15, 0.2) is 53.4 Å². The van der Waals surface area contributed by atoms with Crippen molar-refractivity contribution in [1.29, 1.82) is 0 Å². The van der Waals surface area contributed by atoms with E-state index in [2.05, 4.69) is 0 Å². The molecule has 1 amide bonds. The van der Waals surface area contributed by atoms with Crippen LogP contribution in [0.2, 0.25) is 0 Å². The maximum atomic E-state index is 13.0. The van der Waals surface area contributed by atoms with E-state index in [9.17, 15) is 13.2 Å². The average molecular weight is 417 g/mol. The first-order chi connectivity index (χ1) is 13.8. The summed E-state index contributed by atoms with van der Waals surface area (Å²) in [6.07, 6.45) is 1.59. The zero-order valence-electron chi connectivity index (χ0n) is 17.2. The second kappa shape index (κ2) is 8.97. The third kappa shape index (κ3) is 5.16. The van der Waals surface area contributed by atoms with Crippen LogP contribution in [0.4, 0.5) is 0 Å². The Morgan fingerprint density at radius 2 is 1.69 bits per heavy atom. The van der Waals surface area contributed by atoms with Gasteiger partial charge in [0, 0.05) is 27.2 Å². The normalized spacial score (nSPS) is 15.8. The second-order valence-corrected chi connectivity index (χ2v) is 9.53. The van der Waals surface area contributed by atoms with E-state index < -0.39 is 10.0 Å². The van der Waals surface area contributed by atoms with Gasteiger partial charge in [-0.05, 0) is 49.1 Å². The van der Waals surface area contributed by atoms with Gasteiger partial charge in [-0.3, -0.25) is 4.79 Å². The Labute approximate surface area is 173 Å². The lowest BCUT2D eigenvalue weighted by atomic mass is 10.1. The maximum Gasteiger partial charge on any atom is 0.243 e. The van der Waals surface area contributed by atoms with Crippen LogP contribution in [0.3, 0.4) is 0 Å². The summed E-state index contributed by atoms with van der Waals surface area (Å²) in [6, 6.07) is 14.5. The van der Waals surface area contributed by atoms with Crippen LogP contribution in [0.5, 0.6) is 5.75 Å². The number of hydrogen-bond donors (Lipinski definition) is 0. The van der Waals surface area contributed by atoms with Crippen LogP contribution in [-0.4, -0.2) is 56.8 Å². The topological polar surface area (TPSA) is 66.9 Å². The van der Waals surface area contributed by atoms with Gasteiger partial charge < -0.3 is 9.64 Å². The second-order valence-electron chi connectivity index (χ2n) is 7.60. The molecule has 0 aliphatic carbocycles. The average Bonchev–Trinajstić information content (AvgIpc) is 2.70. The Bertz CT molecular complexity index is 947. The Morgan fingerprint density at radius 1 is 1.07 bits per heavy atom. The summed E-state index contributed by atoms with van der Waals surface area (Å²) in [7, 11) is -0.142. The predicted molar refractivity (Wildman–Crippen MR) is 112 cm³/mol. The molecule has 1 saturated heterocycles. The smallest absolute Gasteiger partial charge is 0.243 e. The molecule has 0 atom stereocenters. The Balaban J connectivity index is 1.61. The highest BCUT2D eigenvalue weighted by molar-refractivity contribution is 7.89. The molecular weight excluding hydrogens is 388 g/mol. The number of likely N-dealkylation sites (N-methyl/N-ethyl adjacent to an activating group) is 1. The van der Waals surface area contributed by atoms with E-state index in [1.807, 2.05) is 31.2 Å². The molecule has 6 nitrogen and oxygen atoms in total. The summed E-state index contributed by atoms with van der Waals surface area (Å²) in [5.41, 5.74) is 1.88. The van der Waals surface area contributed by atoms with Crippen LogP contribution >= 0.6 is 0 Å². The van der Waals surface area contributed by atoms with Gasteiger partial charge in [0.05, 0.1) is 11.3 Å². The summed E-state index contributed by atoms with van der Waals surface area (Å²) < 4.78 is 33.5. The zero-order chi connectivity index (χ0) is 21.0. The van der Waals surface area contributed by atoms with E-state index >= 15 is 0 Å². The van der Waals surface area contributed by atoms with Gasteiger partial charge in [-0.2, -0.15) is 4.31 Å². The number of ether oxygens (including phenoxy) is 1. The van der Waals surface area contributed by atoms with Gasteiger partial charge in [-0.25, -0.2) is 8.42 Å². The summed E-state index contributed by atoms with van der Waals surface area (Å²) in [5.74, 6) is 0.841. The zero-order valence-corrected chi connectivity index (χ0v) is 18.0. The lowest BCUT2D eigenvalue weighted by Gasteiger charge is -2.31. The molecule has 0 spiro atoms. The molecule has 0 bridgehead atoms. The summed E-state index contributed by atoms with van der Waals surface area (Å²) >= 11 is 0. The molecule has 1 heterocycles. The number of carbonyl (C=O) groups excluding carboxylic acids is 1. The highest BCUT2D eigenvalue weighted by atomic mass is 32.2. The molecule has 2 aromatic carbocycles. The first-order valence-corrected chi connectivity index (χ1v) is 11.2. The van der Waals surface area contributed by atoms with Gasteiger partial charge in [-0.1, -0.05) is 30.3 Å². The quantitative estimate of drug-likeness (QED) is 0.726. The molecule has 0 aromatic heterocycles. The molecule has 156 valence electrons. The molecule has 29 heavy (non-hydrogen) atoms. The molecule has 0 radical (unpaired) electrons. The molecule has 1 fully saturated rings. The number of carbonyl (C=O) groups is 1. The van der Waals surface area contributed by atoms with Crippen molar-refractivity contribution in [3.63, 3.8) is 0 Å². The highest BCUT2D eigenvalue weighted by Crippen LogP contribution is 2.25. The van der Waals surface area contributed by atoms with E-state index in [-0.39, 0.29) is 23.3 Å². The number of sulfonamides is 1. The Hall–Kier alpha value is -2.38. The van der Waals surface area contributed by atoms with Crippen molar-refractivity contribution in [2.24, 2.45) is 0 Å². The van der Waals surface area contributed by atoms with Crippen molar-refractivity contribution in [1.82, 2.24) is 9.21 Å². The van der Waals surface area contributed by atoms with Gasteiger partial charge in [0.15, 0.2) is 0 Å². The highest BCUT2D eigenvalue weighted by Gasteiger charge is 2.30. The molecule has 2 aromatic rings. The number of hydrogen-bond acceptors (Lipinski definition) is 4. The molecule has 0 unspecified atom stereocenters. The Morgan fingerprint density at radius 3 is 2.28 bits per heavy atom. The Kier molecular flexibility index (Phi) is 6.59. The monoisotopic (exact) mass is 416 g/mol. The molecular formula is C22H28N2O4S. The first kappa shape index (κ1) is 21.3. The molecule has 7 heteroatoms. The maximum absolute atomic E-state index is 13.0. The summed E-state index contributed by atoms with van der Waals surface area (Å²) in [5, 5.41) is 0. The van der Waals surface area contributed by atoms with Gasteiger partial charge in [0.2, 0.25) is 15.9 Å². The number of aryl methyl sites for hydroxylation is 1. The predicted octanol–water partition coefficient (Wildman–Crippen LogP) is 2.86. The minimum Gasteiger partial charge on any atom is -0.490 e. The number of benzene rings is 2. The molecule has 1 aliphatic heterocycles. The first-order valence-electron chi connectivity index (χ1n) is 9.79. The minimum absolute atomic E-state index is 0.0157. The van der Waals surface area contributed by atoms with E-state index in [4.69, 9.17) is 4.74 Å². The molecule has 0 N–H and O–H groups in total. The SMILES string of the molecule is Cc1ccccc1OC1CCN(S(=O)(=O)c2ccc(CC(=O)N(C)C)cc2)CC1. The van der Waals surface area contributed by atoms with Crippen LogP contribution in [0.1, 0.15) is 24.0 Å². The fraction of sp³-hybridized carbons (Fsp3) is 0.409. The van der Waals surface area contributed by atoms with E-state index in [1.165, 1.54) is 9.21 Å². The van der Waals surface area contributed by atoms with Crippen LogP contribution in [-0.2, 0) is 21.2 Å². The molecule has 1 aliphatic rings. The molecule has 0 saturated carbocycles. The van der Waals surface area contributed by atoms with Gasteiger partial charge in [-0.15, -0.1) is 0 Å². The van der Waals surface area contributed by atoms with Gasteiger partial charge >= 0.3 is 0 Å². The number of rotatable bonds is 6. The van der Waals surface area contributed by atoms with Crippen LogP contribution in [0, 0.1) is 6.92 Å². The number of amides is 1. The largest absolute Gasteiger partial charge is 0.490 e. The van der Waals surface area contributed by atoms with Crippen molar-refractivity contribution >= 4 is 15.9 Å². The third-order valence-electron chi connectivity index (χ3n) is 5.20. The van der Waals surface area contributed by atoms with Crippen molar-refractivity contribution < 1.29 is 17.9 Å². The summed E-state index contributed by atoms with van der Waals surface area (Å²) in [4.78, 5) is 13.6. The minimum atomic E-state index is -3.55. The van der Waals surface area contributed by atoms with Crippen molar-refractivity contribution in [2.75, 3.05) is 27.2 Å². The van der Waals surface area contributed by atoms with Crippen LogP contribution in [0.25, 0.3) is 0 Å². The number of nitrogens with zero attached hydrogens (tertiary/aromatic N) is 2. The standard InChI is InChI=1S/C22H28N2O4S/c1-17-6-4-5-7-21(17)28-19-12-14-24(15-13-19)29(26,27)20-10-8-18(9-11-20)16-22(25)23(2)3/h4-11,19H,12-16H2,1-3H3. The van der Waals surface area contributed by atoms with E-state index in [0.29, 0.717) is 25.9 Å². The van der Waals surface area contributed by atoms with Gasteiger partial charge in [0.1, 0.15) is 11.9 Å². The molecule has 3 rings (SSSR count). The lowest BCUT2D eigenvalue weighted by molar-refractivity contribution is -0.127. The van der Waals surface area contributed by atoms with Crippen molar-refractivity contribution in [2.45, 2.75) is 37.2 Å². The number of para-hydroxylation sites is 1. The fourth-order valence-corrected chi connectivity index (χ4v) is 4.79. The van der Waals surface area contributed by atoms with Crippen LogP contribution < -0.4 is 4.74 Å². The van der Waals surface area contributed by atoms with E-state index in [0.717, 1.165) is 16.9 Å². The fourth-order valence-electron chi connectivity index (χ4n) is 3.32.